The van der Waals surface area contributed by atoms with Gasteiger partial charge in [0.2, 0.25) is 5.91 Å². The lowest BCUT2D eigenvalue weighted by Crippen LogP contribution is -2.09. The van der Waals surface area contributed by atoms with Crippen LogP contribution in [0.1, 0.15) is 10.4 Å². The molecule has 0 unspecified atom stereocenters. The van der Waals surface area contributed by atoms with E-state index < -0.39 is 23.4 Å². The average Bonchev–Trinajstić information content (AvgIpc) is 2.74. The van der Waals surface area contributed by atoms with E-state index in [1.54, 1.807) is 0 Å². The largest absolute Gasteiger partial charge is 0.366 e. The molecule has 0 aliphatic rings. The number of hydrogen-bond acceptors (Lipinski definition) is 1. The number of benzene rings is 1. The fourth-order valence-electron chi connectivity index (χ4n) is 1.39. The maximum atomic E-state index is 13.0. The summed E-state index contributed by atoms with van der Waals surface area (Å²) in [5.74, 6) is -4.79. The minimum Gasteiger partial charge on any atom is -0.366 e. The maximum Gasteiger partial charge on any atom is 0.250 e. The number of amides is 1. The van der Waals surface area contributed by atoms with Gasteiger partial charge in [0.15, 0.2) is 17.5 Å². The van der Waals surface area contributed by atoms with Crippen molar-refractivity contribution in [3.05, 3.63) is 53.6 Å². The van der Waals surface area contributed by atoms with Gasteiger partial charge >= 0.3 is 0 Å². The number of halogens is 3. The zero-order valence-corrected chi connectivity index (χ0v) is 8.45. The minimum absolute atomic E-state index is 0.0638. The maximum absolute atomic E-state index is 13.0. The van der Waals surface area contributed by atoms with Gasteiger partial charge in [-0.15, -0.1) is 0 Å². The van der Waals surface area contributed by atoms with E-state index in [2.05, 4.69) is 0 Å². The van der Waals surface area contributed by atoms with E-state index >= 15 is 0 Å². The van der Waals surface area contributed by atoms with E-state index in [0.29, 0.717) is 0 Å². The van der Waals surface area contributed by atoms with Gasteiger partial charge in [0.25, 0.3) is 0 Å². The Bertz CT molecular complexity index is 569. The summed E-state index contributed by atoms with van der Waals surface area (Å²) in [7, 11) is 0. The number of carbonyl (C=O) groups excluding carboxylic acids is 1. The predicted octanol–water partition coefficient (Wildman–Crippen LogP) is 1.99. The van der Waals surface area contributed by atoms with E-state index in [4.69, 9.17) is 5.73 Å². The second kappa shape index (κ2) is 3.97. The Morgan fingerprint density at radius 3 is 2.24 bits per heavy atom. The Kier molecular flexibility index (Phi) is 2.63. The van der Waals surface area contributed by atoms with Crippen molar-refractivity contribution in [3.8, 4) is 5.69 Å². The van der Waals surface area contributed by atoms with Crippen LogP contribution in [0.4, 0.5) is 13.2 Å². The second-order valence-electron chi connectivity index (χ2n) is 3.40. The first kappa shape index (κ1) is 11.3. The minimum atomic E-state index is -1.53. The van der Waals surface area contributed by atoms with Gasteiger partial charge in [0.05, 0.1) is 11.3 Å². The molecule has 88 valence electrons. The van der Waals surface area contributed by atoms with Crippen molar-refractivity contribution < 1.29 is 18.0 Å². The highest BCUT2D eigenvalue weighted by molar-refractivity contribution is 5.92. The smallest absolute Gasteiger partial charge is 0.250 e. The third-order valence-electron chi connectivity index (χ3n) is 2.24. The van der Waals surface area contributed by atoms with Crippen LogP contribution < -0.4 is 5.73 Å². The molecule has 1 amide bonds. The normalized spacial score (nSPS) is 10.5. The standard InChI is InChI=1S/C11H7F3N2O/c12-8-3-7(4-9(13)10(8)14)16-2-1-6(5-16)11(15)17/h1-5H,(H2,15,17). The lowest BCUT2D eigenvalue weighted by Gasteiger charge is -2.04. The summed E-state index contributed by atoms with van der Waals surface area (Å²) in [5.41, 5.74) is 5.28. The molecule has 2 aromatic rings. The molecule has 0 fully saturated rings. The van der Waals surface area contributed by atoms with E-state index in [1.807, 2.05) is 0 Å². The van der Waals surface area contributed by atoms with Gasteiger partial charge in [-0.3, -0.25) is 4.79 Å². The first-order chi connectivity index (χ1) is 7.99. The number of carbonyl (C=O) groups is 1. The van der Waals surface area contributed by atoms with Gasteiger partial charge in [-0.05, 0) is 6.07 Å². The summed E-state index contributed by atoms with van der Waals surface area (Å²) in [6.45, 7) is 0. The molecule has 2 N–H and O–H groups in total. The van der Waals surface area contributed by atoms with Gasteiger partial charge in [0, 0.05) is 24.5 Å². The van der Waals surface area contributed by atoms with Gasteiger partial charge in [-0.25, -0.2) is 13.2 Å². The summed E-state index contributed by atoms with van der Waals surface area (Å²) in [6, 6.07) is 3.04. The Balaban J connectivity index is 2.49. The molecule has 0 aliphatic carbocycles. The molecule has 1 aromatic heterocycles. The molecule has 1 heterocycles. The molecule has 0 saturated carbocycles. The van der Waals surface area contributed by atoms with Gasteiger partial charge in [-0.2, -0.15) is 0 Å². The van der Waals surface area contributed by atoms with E-state index in [9.17, 15) is 18.0 Å². The Hall–Kier alpha value is -2.24. The molecule has 1 aromatic carbocycles. The van der Waals surface area contributed by atoms with Crippen LogP contribution in [0.5, 0.6) is 0 Å². The second-order valence-corrected chi connectivity index (χ2v) is 3.40. The zero-order chi connectivity index (χ0) is 12.6. The molecule has 0 radical (unpaired) electrons. The number of hydrogen-bond donors (Lipinski definition) is 1. The zero-order valence-electron chi connectivity index (χ0n) is 8.45. The van der Waals surface area contributed by atoms with Crippen LogP contribution in [0, 0.1) is 17.5 Å². The number of nitrogens with zero attached hydrogens (tertiary/aromatic N) is 1. The van der Waals surface area contributed by atoms with Crippen molar-refractivity contribution in [1.29, 1.82) is 0 Å². The van der Waals surface area contributed by atoms with Gasteiger partial charge < -0.3 is 10.3 Å². The van der Waals surface area contributed by atoms with Crippen LogP contribution in [0.2, 0.25) is 0 Å². The summed E-state index contributed by atoms with van der Waals surface area (Å²) in [4.78, 5) is 10.8. The first-order valence-electron chi connectivity index (χ1n) is 4.62. The third kappa shape index (κ3) is 2.01. The molecular formula is C11H7F3N2O. The molecule has 17 heavy (non-hydrogen) atoms. The number of aromatic nitrogens is 1. The van der Waals surface area contributed by atoms with Gasteiger partial charge in [0.1, 0.15) is 0 Å². The van der Waals surface area contributed by atoms with Crippen molar-refractivity contribution >= 4 is 5.91 Å². The summed E-state index contributed by atoms with van der Waals surface area (Å²) < 4.78 is 39.9. The summed E-state index contributed by atoms with van der Waals surface area (Å²) >= 11 is 0. The van der Waals surface area contributed by atoms with Crippen LogP contribution in [0.15, 0.2) is 30.6 Å². The van der Waals surface area contributed by atoms with Crippen LogP contribution in [0.25, 0.3) is 5.69 Å². The van der Waals surface area contributed by atoms with E-state index in [0.717, 1.165) is 12.1 Å². The Morgan fingerprint density at radius 1 is 1.18 bits per heavy atom. The predicted molar refractivity (Wildman–Crippen MR) is 54.2 cm³/mol. The molecule has 2 rings (SSSR count). The third-order valence-corrected chi connectivity index (χ3v) is 2.24. The van der Waals surface area contributed by atoms with Gasteiger partial charge in [-0.1, -0.05) is 0 Å². The molecule has 0 bridgehead atoms. The number of nitrogens with two attached hydrogens (primary N) is 1. The number of primary amides is 1. The van der Waals surface area contributed by atoms with Crippen molar-refractivity contribution in [2.24, 2.45) is 5.73 Å². The topological polar surface area (TPSA) is 48.0 Å². The molecule has 3 nitrogen and oxygen atoms in total. The van der Waals surface area contributed by atoms with Crippen molar-refractivity contribution in [1.82, 2.24) is 4.57 Å². The summed E-state index contributed by atoms with van der Waals surface area (Å²) in [6.07, 6.45) is 2.70. The Labute approximate surface area is 94.3 Å². The lowest BCUT2D eigenvalue weighted by atomic mass is 10.3. The first-order valence-corrected chi connectivity index (χ1v) is 4.62. The molecule has 0 atom stereocenters. The quantitative estimate of drug-likeness (QED) is 0.802. The van der Waals surface area contributed by atoms with Crippen LogP contribution in [-0.2, 0) is 0 Å². The highest BCUT2D eigenvalue weighted by atomic mass is 19.2. The number of rotatable bonds is 2. The van der Waals surface area contributed by atoms with Crippen molar-refractivity contribution in [2.45, 2.75) is 0 Å². The highest BCUT2D eigenvalue weighted by Gasteiger charge is 2.12. The van der Waals surface area contributed by atoms with Crippen molar-refractivity contribution in [3.63, 3.8) is 0 Å². The highest BCUT2D eigenvalue weighted by Crippen LogP contribution is 2.17. The van der Waals surface area contributed by atoms with Crippen molar-refractivity contribution in [2.75, 3.05) is 0 Å². The van der Waals surface area contributed by atoms with Crippen LogP contribution in [-0.4, -0.2) is 10.5 Å². The Morgan fingerprint density at radius 2 is 1.76 bits per heavy atom. The lowest BCUT2D eigenvalue weighted by molar-refractivity contribution is 0.100. The van der Waals surface area contributed by atoms with Crippen LogP contribution >= 0.6 is 0 Å². The molecule has 0 aliphatic heterocycles. The monoisotopic (exact) mass is 240 g/mol. The molecule has 6 heteroatoms. The molecular weight excluding hydrogens is 233 g/mol. The van der Waals surface area contributed by atoms with E-state index in [-0.39, 0.29) is 11.3 Å². The van der Waals surface area contributed by atoms with Crippen LogP contribution in [0.3, 0.4) is 0 Å². The molecule has 0 saturated heterocycles. The fraction of sp³-hybridized carbons (Fsp3) is 0. The van der Waals surface area contributed by atoms with E-state index in [1.165, 1.54) is 23.0 Å². The SMILES string of the molecule is NC(=O)c1ccn(-c2cc(F)c(F)c(F)c2)c1. The molecule has 0 spiro atoms. The summed E-state index contributed by atoms with van der Waals surface area (Å²) in [5, 5.41) is 0. The average molecular weight is 240 g/mol. The fourth-order valence-corrected chi connectivity index (χ4v) is 1.39.